The van der Waals surface area contributed by atoms with E-state index in [2.05, 4.69) is 20.8 Å². The molecule has 1 N–H and O–H groups in total. The molecule has 0 aromatic carbocycles. The van der Waals surface area contributed by atoms with Crippen molar-refractivity contribution in [1.82, 2.24) is 0 Å². The summed E-state index contributed by atoms with van der Waals surface area (Å²) in [5, 5.41) is 11.4. The van der Waals surface area contributed by atoms with E-state index in [9.17, 15) is 9.90 Å². The van der Waals surface area contributed by atoms with Gasteiger partial charge in [0.2, 0.25) is 0 Å². The summed E-state index contributed by atoms with van der Waals surface area (Å²) >= 11 is 0. The van der Waals surface area contributed by atoms with Crippen LogP contribution >= 0.6 is 0 Å². The molecule has 1 saturated heterocycles. The third-order valence-corrected chi connectivity index (χ3v) is 11.3. The van der Waals surface area contributed by atoms with Crippen molar-refractivity contribution >= 4 is 5.97 Å². The molecule has 0 aromatic heterocycles. The third-order valence-electron chi connectivity index (χ3n) is 11.3. The number of methoxy groups -OCH3 is 1. The van der Waals surface area contributed by atoms with Gasteiger partial charge in [-0.3, -0.25) is 4.79 Å². The highest BCUT2D eigenvalue weighted by Gasteiger charge is 2.64. The van der Waals surface area contributed by atoms with Crippen molar-refractivity contribution in [2.45, 2.75) is 96.9 Å². The lowest BCUT2D eigenvalue weighted by Gasteiger charge is -2.63. The Morgan fingerprint density at radius 3 is 2.47 bits per heavy atom. The first-order chi connectivity index (χ1) is 15.2. The zero-order chi connectivity index (χ0) is 22.7. The van der Waals surface area contributed by atoms with Crippen molar-refractivity contribution in [3.63, 3.8) is 0 Å². The Hall–Kier alpha value is -0.650. The number of ether oxygens (including phenoxy) is 3. The monoisotopic (exact) mass is 448 g/mol. The molecule has 1 aliphatic heterocycles. The molecule has 5 nitrogen and oxygen atoms in total. The fourth-order valence-corrected chi connectivity index (χ4v) is 9.61. The number of aliphatic hydroxyl groups is 1. The molecular weight excluding hydrogens is 404 g/mol. The minimum atomic E-state index is -0.422. The van der Waals surface area contributed by atoms with Crippen LogP contribution in [0.4, 0.5) is 0 Å². The summed E-state index contributed by atoms with van der Waals surface area (Å²) in [6, 6.07) is 0. The second-order valence-electron chi connectivity index (χ2n) is 12.4. The van der Waals surface area contributed by atoms with E-state index in [4.69, 9.17) is 14.2 Å². The largest absolute Gasteiger partial charge is 0.469 e. The predicted octanol–water partition coefficient (Wildman–Crippen LogP) is 4.95. The Balaban J connectivity index is 1.33. The highest BCUT2D eigenvalue weighted by atomic mass is 16.7. The van der Waals surface area contributed by atoms with Gasteiger partial charge in [-0.25, -0.2) is 0 Å². The predicted molar refractivity (Wildman–Crippen MR) is 122 cm³/mol. The minimum absolute atomic E-state index is 0.0834. The summed E-state index contributed by atoms with van der Waals surface area (Å²) in [7, 11) is 1.49. The zero-order valence-electron chi connectivity index (χ0n) is 20.6. The number of hydrogen-bond acceptors (Lipinski definition) is 5. The molecule has 5 heteroatoms. The van der Waals surface area contributed by atoms with Gasteiger partial charge in [-0.05, 0) is 91.3 Å². The molecule has 32 heavy (non-hydrogen) atoms. The normalized spacial score (nSPS) is 48.0. The number of carbonyl (C=O) groups is 1. The van der Waals surface area contributed by atoms with E-state index >= 15 is 0 Å². The van der Waals surface area contributed by atoms with Gasteiger partial charge in [0.05, 0.1) is 26.4 Å². The van der Waals surface area contributed by atoms with Gasteiger partial charge in [0.25, 0.3) is 0 Å². The standard InChI is InChI=1S/C27H44O5/c1-17(5-8-24(29)30-4)19-6-7-20-18-15-23(28)22-16-27(31-13-14-32-27)12-11-26(22,3)21(18)9-10-25(19,20)2/h17-23,28H,5-16H2,1-4H3/t17?,18?,19-,20?,21?,22-,23-,25-,26-/m1/s1. The second-order valence-corrected chi connectivity index (χ2v) is 12.4. The molecule has 0 radical (unpaired) electrons. The molecule has 5 aliphatic rings. The maximum Gasteiger partial charge on any atom is 0.305 e. The van der Waals surface area contributed by atoms with Gasteiger partial charge in [0.1, 0.15) is 0 Å². The molecule has 0 aromatic rings. The van der Waals surface area contributed by atoms with Gasteiger partial charge >= 0.3 is 5.97 Å². The summed E-state index contributed by atoms with van der Waals surface area (Å²) in [6.45, 7) is 8.76. The highest BCUT2D eigenvalue weighted by molar-refractivity contribution is 5.69. The van der Waals surface area contributed by atoms with Gasteiger partial charge < -0.3 is 19.3 Å². The van der Waals surface area contributed by atoms with Crippen LogP contribution in [0.3, 0.4) is 0 Å². The lowest BCUT2D eigenvalue weighted by atomic mass is 9.43. The molecule has 0 bridgehead atoms. The van der Waals surface area contributed by atoms with Crippen LogP contribution in [0, 0.1) is 46.3 Å². The van der Waals surface area contributed by atoms with Gasteiger partial charge in [0, 0.05) is 19.3 Å². The number of fused-ring (bicyclic) bond motifs is 5. The fourth-order valence-electron chi connectivity index (χ4n) is 9.61. The molecule has 0 amide bonds. The van der Waals surface area contributed by atoms with E-state index < -0.39 is 5.79 Å². The van der Waals surface area contributed by atoms with Crippen LogP contribution in [0.2, 0.25) is 0 Å². The molecule has 1 spiro atoms. The van der Waals surface area contributed by atoms with Crippen LogP contribution < -0.4 is 0 Å². The highest BCUT2D eigenvalue weighted by Crippen LogP contribution is 2.69. The Morgan fingerprint density at radius 1 is 1.03 bits per heavy atom. The average molecular weight is 449 g/mol. The van der Waals surface area contributed by atoms with E-state index in [-0.39, 0.29) is 23.4 Å². The van der Waals surface area contributed by atoms with E-state index in [0.717, 1.165) is 32.1 Å². The van der Waals surface area contributed by atoms with E-state index in [0.29, 0.717) is 54.6 Å². The van der Waals surface area contributed by atoms with Crippen molar-refractivity contribution in [2.24, 2.45) is 46.3 Å². The van der Waals surface area contributed by atoms with Crippen molar-refractivity contribution in [2.75, 3.05) is 20.3 Å². The Bertz CT molecular complexity index is 717. The molecule has 4 saturated carbocycles. The summed E-state index contributed by atoms with van der Waals surface area (Å²) in [4.78, 5) is 11.7. The first-order valence-corrected chi connectivity index (χ1v) is 13.3. The molecule has 5 fully saturated rings. The molecule has 4 unspecified atom stereocenters. The average Bonchev–Trinajstić information content (AvgIpc) is 3.37. The zero-order valence-corrected chi connectivity index (χ0v) is 20.6. The number of esters is 1. The quantitative estimate of drug-likeness (QED) is 0.617. The Kier molecular flexibility index (Phi) is 5.95. The van der Waals surface area contributed by atoms with Crippen molar-refractivity contribution < 1.29 is 24.1 Å². The van der Waals surface area contributed by atoms with E-state index in [1.807, 2.05) is 0 Å². The summed E-state index contributed by atoms with van der Waals surface area (Å²) in [5.74, 6) is 3.04. The van der Waals surface area contributed by atoms with Crippen LogP contribution in [0.5, 0.6) is 0 Å². The van der Waals surface area contributed by atoms with Gasteiger partial charge in [-0.2, -0.15) is 0 Å². The van der Waals surface area contributed by atoms with Gasteiger partial charge in [0.15, 0.2) is 5.79 Å². The maximum absolute atomic E-state index is 11.7. The van der Waals surface area contributed by atoms with Crippen molar-refractivity contribution in [3.8, 4) is 0 Å². The van der Waals surface area contributed by atoms with E-state index in [1.54, 1.807) is 0 Å². The van der Waals surface area contributed by atoms with Gasteiger partial charge in [-0.1, -0.05) is 20.8 Å². The van der Waals surface area contributed by atoms with Crippen LogP contribution in [0.1, 0.15) is 85.0 Å². The molecule has 4 aliphatic carbocycles. The lowest BCUT2D eigenvalue weighted by molar-refractivity contribution is -0.248. The number of hydrogen-bond donors (Lipinski definition) is 1. The summed E-state index contributed by atoms with van der Waals surface area (Å²) in [6.07, 6.45) is 10.3. The van der Waals surface area contributed by atoms with Crippen molar-refractivity contribution in [3.05, 3.63) is 0 Å². The molecular formula is C27H44O5. The lowest BCUT2D eigenvalue weighted by Crippen LogP contribution is -2.60. The number of rotatable bonds is 4. The Morgan fingerprint density at radius 2 is 1.75 bits per heavy atom. The summed E-state index contributed by atoms with van der Waals surface area (Å²) in [5.41, 5.74) is 0.534. The van der Waals surface area contributed by atoms with E-state index in [1.165, 1.54) is 32.8 Å². The topological polar surface area (TPSA) is 65.0 Å². The smallest absolute Gasteiger partial charge is 0.305 e. The summed E-state index contributed by atoms with van der Waals surface area (Å²) < 4.78 is 17.0. The second kappa shape index (κ2) is 8.23. The minimum Gasteiger partial charge on any atom is -0.469 e. The van der Waals surface area contributed by atoms with Crippen LogP contribution in [0.25, 0.3) is 0 Å². The maximum atomic E-state index is 11.7. The van der Waals surface area contributed by atoms with Crippen LogP contribution in [-0.2, 0) is 19.0 Å². The number of aliphatic hydroxyl groups excluding tert-OH is 1. The van der Waals surface area contributed by atoms with Crippen LogP contribution in [0.15, 0.2) is 0 Å². The SMILES string of the molecule is COC(=O)CCC(C)[C@H]1CCC2C3C[C@@H](O)[C@H]4CC5(CC[C@]4(C)C3CC[C@@]21C)OCCO5. The van der Waals surface area contributed by atoms with Crippen molar-refractivity contribution in [1.29, 1.82) is 0 Å². The third kappa shape index (κ3) is 3.48. The first kappa shape index (κ1) is 23.1. The van der Waals surface area contributed by atoms with Crippen LogP contribution in [-0.4, -0.2) is 43.3 Å². The molecule has 182 valence electrons. The molecule has 9 atom stereocenters. The Labute approximate surface area is 193 Å². The fraction of sp³-hybridized carbons (Fsp3) is 0.963. The first-order valence-electron chi connectivity index (χ1n) is 13.3. The molecule has 1 heterocycles. The number of carbonyl (C=O) groups excluding carboxylic acids is 1. The van der Waals surface area contributed by atoms with Gasteiger partial charge in [-0.15, -0.1) is 0 Å². The molecule has 5 rings (SSSR count).